The minimum absolute atomic E-state index is 0.140. The van der Waals surface area contributed by atoms with Crippen LogP contribution in [0, 0.1) is 27.7 Å². The van der Waals surface area contributed by atoms with Gasteiger partial charge in [-0.05, 0) is 61.3 Å². The highest BCUT2D eigenvalue weighted by Crippen LogP contribution is 2.22. The number of amides is 1. The Balaban J connectivity index is 1.81. The van der Waals surface area contributed by atoms with Crippen molar-refractivity contribution < 1.29 is 4.79 Å². The van der Waals surface area contributed by atoms with Crippen molar-refractivity contribution in [3.05, 3.63) is 62.6 Å². The number of rotatable bonds is 4. The molecule has 0 bridgehead atoms. The van der Waals surface area contributed by atoms with E-state index in [9.17, 15) is 4.79 Å². The van der Waals surface area contributed by atoms with Crippen molar-refractivity contribution in [2.45, 2.75) is 34.2 Å². The molecule has 0 spiro atoms. The summed E-state index contributed by atoms with van der Waals surface area (Å²) in [5, 5.41) is 11.8. The summed E-state index contributed by atoms with van der Waals surface area (Å²) in [7, 11) is 1.84. The van der Waals surface area contributed by atoms with E-state index in [0.29, 0.717) is 12.1 Å². The minimum Gasteiger partial charge on any atom is -0.322 e. The first-order valence-corrected chi connectivity index (χ1v) is 9.17. The quantitative estimate of drug-likeness (QED) is 0.702. The first-order valence-electron chi connectivity index (χ1n) is 8.38. The van der Waals surface area contributed by atoms with Gasteiger partial charge in [-0.1, -0.05) is 12.1 Å². The number of hydrogen-bond acceptors (Lipinski definition) is 3. The van der Waals surface area contributed by atoms with Gasteiger partial charge < -0.3 is 5.32 Å². The lowest BCUT2D eigenvalue weighted by Crippen LogP contribution is -2.14. The van der Waals surface area contributed by atoms with Crippen molar-refractivity contribution in [2.24, 2.45) is 7.05 Å². The SMILES string of the molecule is Cc1nn(Cc2cccc(NC(=O)c3c(C)nn(C)c3C)c2)c(C)c1Br. The molecular formula is C19H22BrN5O. The van der Waals surface area contributed by atoms with Gasteiger partial charge >= 0.3 is 0 Å². The number of halogens is 1. The van der Waals surface area contributed by atoms with E-state index in [1.165, 1.54) is 0 Å². The summed E-state index contributed by atoms with van der Waals surface area (Å²) in [4.78, 5) is 12.7. The number of nitrogens with zero attached hydrogens (tertiary/aromatic N) is 4. The van der Waals surface area contributed by atoms with Crippen molar-refractivity contribution in [1.82, 2.24) is 19.6 Å². The van der Waals surface area contributed by atoms with Crippen LogP contribution in [0.4, 0.5) is 5.69 Å². The fourth-order valence-corrected chi connectivity index (χ4v) is 3.33. The number of nitrogens with one attached hydrogen (secondary N) is 1. The van der Waals surface area contributed by atoms with Gasteiger partial charge in [0.05, 0.1) is 33.7 Å². The predicted molar refractivity (Wildman–Crippen MR) is 106 cm³/mol. The van der Waals surface area contributed by atoms with Crippen molar-refractivity contribution in [1.29, 1.82) is 0 Å². The molecule has 3 rings (SSSR count). The van der Waals surface area contributed by atoms with E-state index in [4.69, 9.17) is 0 Å². The number of aryl methyl sites for hydroxylation is 3. The van der Waals surface area contributed by atoms with Crippen LogP contribution in [0.15, 0.2) is 28.7 Å². The Bertz CT molecular complexity index is 986. The zero-order chi connectivity index (χ0) is 19.0. The Kier molecular flexibility index (Phi) is 5.00. The molecule has 3 aromatic rings. The molecule has 0 unspecified atom stereocenters. The average Bonchev–Trinajstić information content (AvgIpc) is 2.97. The van der Waals surface area contributed by atoms with Gasteiger partial charge in [0, 0.05) is 18.4 Å². The molecule has 0 saturated heterocycles. The largest absolute Gasteiger partial charge is 0.322 e. The minimum atomic E-state index is -0.140. The number of anilines is 1. The van der Waals surface area contributed by atoms with Crippen molar-refractivity contribution in [3.8, 4) is 0 Å². The Hall–Kier alpha value is -2.41. The summed E-state index contributed by atoms with van der Waals surface area (Å²) in [5.41, 5.74) is 6.08. The molecule has 0 aliphatic rings. The second-order valence-corrected chi connectivity index (χ2v) is 7.26. The van der Waals surface area contributed by atoms with E-state index < -0.39 is 0 Å². The molecule has 0 saturated carbocycles. The summed E-state index contributed by atoms with van der Waals surface area (Å²) in [5.74, 6) is -0.140. The first kappa shape index (κ1) is 18.4. The van der Waals surface area contributed by atoms with Crippen LogP contribution in [0.25, 0.3) is 0 Å². The van der Waals surface area contributed by atoms with E-state index in [2.05, 4.69) is 31.4 Å². The fourth-order valence-electron chi connectivity index (χ4n) is 3.05. The van der Waals surface area contributed by atoms with Gasteiger partial charge in [-0.15, -0.1) is 0 Å². The first-order chi connectivity index (χ1) is 12.3. The van der Waals surface area contributed by atoms with Gasteiger partial charge in [0.1, 0.15) is 0 Å². The molecule has 0 radical (unpaired) electrons. The zero-order valence-electron chi connectivity index (χ0n) is 15.6. The predicted octanol–water partition coefficient (Wildman–Crippen LogP) is 3.91. The van der Waals surface area contributed by atoms with E-state index in [1.807, 2.05) is 63.7 Å². The van der Waals surface area contributed by atoms with E-state index in [0.717, 1.165) is 38.5 Å². The molecule has 2 heterocycles. The van der Waals surface area contributed by atoms with E-state index in [1.54, 1.807) is 4.68 Å². The highest BCUT2D eigenvalue weighted by atomic mass is 79.9. The summed E-state index contributed by atoms with van der Waals surface area (Å²) in [6, 6.07) is 7.83. The lowest BCUT2D eigenvalue weighted by atomic mass is 10.1. The number of carbonyl (C=O) groups excluding carboxylic acids is 1. The summed E-state index contributed by atoms with van der Waals surface area (Å²) in [6.07, 6.45) is 0. The Morgan fingerprint density at radius 1 is 1.12 bits per heavy atom. The van der Waals surface area contributed by atoms with Crippen molar-refractivity contribution >= 4 is 27.5 Å². The summed E-state index contributed by atoms with van der Waals surface area (Å²) < 4.78 is 4.71. The van der Waals surface area contributed by atoms with Gasteiger partial charge in [0.15, 0.2) is 0 Å². The molecule has 0 atom stereocenters. The smallest absolute Gasteiger partial charge is 0.259 e. The van der Waals surface area contributed by atoms with Gasteiger partial charge in [-0.25, -0.2) is 0 Å². The van der Waals surface area contributed by atoms with Crippen LogP contribution >= 0.6 is 15.9 Å². The maximum Gasteiger partial charge on any atom is 0.259 e. The standard InChI is InChI=1S/C19H22BrN5O/c1-11-17(13(3)24(5)22-11)19(26)21-16-8-6-7-15(9-16)10-25-14(4)18(20)12(2)23-25/h6-9H,10H2,1-5H3,(H,21,26). The molecule has 136 valence electrons. The second kappa shape index (κ2) is 7.07. The monoisotopic (exact) mass is 415 g/mol. The lowest BCUT2D eigenvalue weighted by molar-refractivity contribution is 0.102. The molecule has 26 heavy (non-hydrogen) atoms. The van der Waals surface area contributed by atoms with Crippen LogP contribution in [-0.2, 0) is 13.6 Å². The molecule has 6 nitrogen and oxygen atoms in total. The molecule has 2 aromatic heterocycles. The van der Waals surface area contributed by atoms with Gasteiger partial charge in [-0.2, -0.15) is 10.2 Å². The Labute approximate surface area is 161 Å². The zero-order valence-corrected chi connectivity index (χ0v) is 17.2. The van der Waals surface area contributed by atoms with Gasteiger partial charge in [0.25, 0.3) is 5.91 Å². The Morgan fingerprint density at radius 3 is 2.42 bits per heavy atom. The highest BCUT2D eigenvalue weighted by molar-refractivity contribution is 9.10. The normalized spacial score (nSPS) is 11.0. The van der Waals surface area contributed by atoms with E-state index >= 15 is 0 Å². The van der Waals surface area contributed by atoms with Crippen LogP contribution in [0.5, 0.6) is 0 Å². The van der Waals surface area contributed by atoms with Gasteiger partial charge in [0.2, 0.25) is 0 Å². The topological polar surface area (TPSA) is 64.7 Å². The Morgan fingerprint density at radius 2 is 1.85 bits per heavy atom. The summed E-state index contributed by atoms with van der Waals surface area (Å²) in [6.45, 7) is 8.39. The molecule has 0 aliphatic carbocycles. The lowest BCUT2D eigenvalue weighted by Gasteiger charge is -2.09. The molecule has 1 aromatic carbocycles. The van der Waals surface area contributed by atoms with Crippen LogP contribution < -0.4 is 5.32 Å². The van der Waals surface area contributed by atoms with Crippen molar-refractivity contribution in [3.63, 3.8) is 0 Å². The summed E-state index contributed by atoms with van der Waals surface area (Å²) >= 11 is 3.55. The number of hydrogen-bond donors (Lipinski definition) is 1. The maximum absolute atomic E-state index is 12.7. The number of carbonyl (C=O) groups is 1. The van der Waals surface area contributed by atoms with Crippen molar-refractivity contribution in [2.75, 3.05) is 5.32 Å². The molecular weight excluding hydrogens is 394 g/mol. The molecule has 1 N–H and O–H groups in total. The third-order valence-corrected chi connectivity index (χ3v) is 5.69. The highest BCUT2D eigenvalue weighted by Gasteiger charge is 2.17. The molecule has 0 fully saturated rings. The van der Waals surface area contributed by atoms with Crippen LogP contribution in [-0.4, -0.2) is 25.5 Å². The van der Waals surface area contributed by atoms with Crippen LogP contribution in [0.3, 0.4) is 0 Å². The van der Waals surface area contributed by atoms with Crippen LogP contribution in [0.2, 0.25) is 0 Å². The number of aromatic nitrogens is 4. The third-order valence-electron chi connectivity index (χ3n) is 4.55. The average molecular weight is 416 g/mol. The third kappa shape index (κ3) is 3.44. The molecule has 1 amide bonds. The maximum atomic E-state index is 12.7. The number of benzene rings is 1. The fraction of sp³-hybridized carbons (Fsp3) is 0.316. The second-order valence-electron chi connectivity index (χ2n) is 6.47. The molecule has 0 aliphatic heterocycles. The molecule has 7 heteroatoms. The van der Waals surface area contributed by atoms with Crippen LogP contribution in [0.1, 0.15) is 38.7 Å². The van der Waals surface area contributed by atoms with Gasteiger partial charge in [-0.3, -0.25) is 14.2 Å². The van der Waals surface area contributed by atoms with E-state index in [-0.39, 0.29) is 5.91 Å².